The van der Waals surface area contributed by atoms with Crippen LogP contribution < -0.4 is 10.6 Å². The molecule has 5 heteroatoms. The van der Waals surface area contributed by atoms with E-state index in [9.17, 15) is 0 Å². The van der Waals surface area contributed by atoms with E-state index >= 15 is 0 Å². The third kappa shape index (κ3) is 7.83. The highest BCUT2D eigenvalue weighted by Gasteiger charge is 2.09. The minimum atomic E-state index is 0. The molecule has 2 N–H and O–H groups in total. The summed E-state index contributed by atoms with van der Waals surface area (Å²) >= 11 is 0. The van der Waals surface area contributed by atoms with Crippen molar-refractivity contribution < 1.29 is 0 Å². The lowest BCUT2D eigenvalue weighted by Gasteiger charge is -2.26. The summed E-state index contributed by atoms with van der Waals surface area (Å²) in [6.07, 6.45) is 5.21. The number of aliphatic imine (C=N–C) groups is 1. The maximum Gasteiger partial charge on any atom is 0.191 e. The summed E-state index contributed by atoms with van der Waals surface area (Å²) in [7, 11) is 1.84. The molecule has 136 valence electrons. The van der Waals surface area contributed by atoms with Crippen molar-refractivity contribution in [1.82, 2.24) is 15.5 Å². The van der Waals surface area contributed by atoms with E-state index in [4.69, 9.17) is 0 Å². The Morgan fingerprint density at radius 1 is 1.08 bits per heavy atom. The van der Waals surface area contributed by atoms with Gasteiger partial charge in [-0.3, -0.25) is 4.99 Å². The minimum absolute atomic E-state index is 0. The van der Waals surface area contributed by atoms with Crippen LogP contribution in [0.4, 0.5) is 0 Å². The molecule has 0 aliphatic carbocycles. The van der Waals surface area contributed by atoms with Gasteiger partial charge < -0.3 is 15.5 Å². The summed E-state index contributed by atoms with van der Waals surface area (Å²) in [5, 5.41) is 6.86. The molecule has 4 nitrogen and oxygen atoms in total. The molecular formula is C19H33IN4. The average Bonchev–Trinajstić information content (AvgIpc) is 2.62. The number of benzene rings is 1. The third-order valence-electron chi connectivity index (χ3n) is 4.63. The Morgan fingerprint density at radius 3 is 2.42 bits per heavy atom. The number of nitrogens with one attached hydrogen (secondary N) is 2. The summed E-state index contributed by atoms with van der Waals surface area (Å²) in [5.41, 5.74) is 1.40. The van der Waals surface area contributed by atoms with E-state index in [1.54, 1.807) is 0 Å². The van der Waals surface area contributed by atoms with Crippen LogP contribution >= 0.6 is 24.0 Å². The quantitative estimate of drug-likeness (QED) is 0.385. The molecule has 0 aromatic heterocycles. The van der Waals surface area contributed by atoms with Crippen molar-refractivity contribution in [2.75, 3.05) is 39.8 Å². The van der Waals surface area contributed by atoms with Crippen molar-refractivity contribution in [3.05, 3.63) is 35.9 Å². The van der Waals surface area contributed by atoms with E-state index in [2.05, 4.69) is 57.8 Å². The normalized spacial score (nSPS) is 17.0. The van der Waals surface area contributed by atoms with Crippen molar-refractivity contribution in [1.29, 1.82) is 0 Å². The summed E-state index contributed by atoms with van der Waals surface area (Å²) in [6, 6.07) is 10.7. The molecule has 1 unspecified atom stereocenters. The van der Waals surface area contributed by atoms with E-state index in [1.165, 1.54) is 37.9 Å². The van der Waals surface area contributed by atoms with E-state index in [1.807, 2.05) is 7.05 Å². The first-order chi connectivity index (χ1) is 11.3. The Bertz CT molecular complexity index is 458. The van der Waals surface area contributed by atoms with Gasteiger partial charge >= 0.3 is 0 Å². The van der Waals surface area contributed by atoms with Gasteiger partial charge in [0.1, 0.15) is 0 Å². The van der Waals surface area contributed by atoms with Gasteiger partial charge in [0.05, 0.1) is 0 Å². The van der Waals surface area contributed by atoms with Gasteiger partial charge in [-0.15, -0.1) is 24.0 Å². The van der Waals surface area contributed by atoms with E-state index in [-0.39, 0.29) is 24.0 Å². The highest BCUT2D eigenvalue weighted by atomic mass is 127. The molecule has 0 radical (unpaired) electrons. The number of hydrogen-bond acceptors (Lipinski definition) is 2. The van der Waals surface area contributed by atoms with Crippen LogP contribution in [0.15, 0.2) is 35.3 Å². The van der Waals surface area contributed by atoms with Crippen molar-refractivity contribution in [2.45, 2.75) is 38.5 Å². The molecule has 1 aliphatic rings. The third-order valence-corrected chi connectivity index (χ3v) is 4.63. The van der Waals surface area contributed by atoms with Gasteiger partial charge in [-0.2, -0.15) is 0 Å². The molecular weight excluding hydrogens is 411 g/mol. The number of nitrogens with zero attached hydrogens (tertiary/aromatic N) is 2. The smallest absolute Gasteiger partial charge is 0.191 e. The Hall–Kier alpha value is -0.820. The van der Waals surface area contributed by atoms with Crippen molar-refractivity contribution >= 4 is 29.9 Å². The Labute approximate surface area is 164 Å². The molecule has 1 fully saturated rings. The van der Waals surface area contributed by atoms with Crippen LogP contribution in [-0.4, -0.2) is 50.6 Å². The minimum Gasteiger partial charge on any atom is -0.356 e. The molecule has 0 bridgehead atoms. The molecule has 1 heterocycles. The van der Waals surface area contributed by atoms with Crippen molar-refractivity contribution in [3.8, 4) is 0 Å². The van der Waals surface area contributed by atoms with Crippen molar-refractivity contribution in [2.24, 2.45) is 4.99 Å². The predicted octanol–water partition coefficient (Wildman–Crippen LogP) is 3.45. The second kappa shape index (κ2) is 12.5. The molecule has 1 atom stereocenters. The molecule has 1 aromatic rings. The molecule has 0 spiro atoms. The van der Waals surface area contributed by atoms with E-state index in [0.717, 1.165) is 32.0 Å². The first-order valence-electron chi connectivity index (χ1n) is 9.01. The lowest BCUT2D eigenvalue weighted by atomic mass is 9.98. The molecule has 0 saturated carbocycles. The van der Waals surface area contributed by atoms with Gasteiger partial charge in [0.2, 0.25) is 0 Å². The first-order valence-corrected chi connectivity index (χ1v) is 9.01. The van der Waals surface area contributed by atoms with Crippen LogP contribution in [0.25, 0.3) is 0 Å². The average molecular weight is 444 g/mol. The number of guanidine groups is 1. The zero-order valence-corrected chi connectivity index (χ0v) is 17.5. The summed E-state index contributed by atoms with van der Waals surface area (Å²) in [5.74, 6) is 1.48. The van der Waals surface area contributed by atoms with Gasteiger partial charge in [0.15, 0.2) is 5.96 Å². The maximum absolute atomic E-state index is 4.32. The number of hydrogen-bond donors (Lipinski definition) is 2. The van der Waals surface area contributed by atoms with Gasteiger partial charge in [-0.05, 0) is 43.8 Å². The number of piperidine rings is 1. The zero-order chi connectivity index (χ0) is 16.3. The summed E-state index contributed by atoms with van der Waals surface area (Å²) in [6.45, 7) is 7.81. The lowest BCUT2D eigenvalue weighted by molar-refractivity contribution is 0.232. The largest absolute Gasteiger partial charge is 0.356 e. The standard InChI is InChI=1S/C19H32N4.HI/c1-17(18-9-5-3-6-10-18)11-12-21-19(20-2)22-13-16-23-14-7-4-8-15-23;/h3,5-6,9-10,17H,4,7-8,11-16H2,1-2H3,(H2,20,21,22);1H. The molecule has 0 amide bonds. The van der Waals surface area contributed by atoms with Gasteiger partial charge in [0, 0.05) is 26.7 Å². The van der Waals surface area contributed by atoms with Gasteiger partial charge in [0.25, 0.3) is 0 Å². The summed E-state index contributed by atoms with van der Waals surface area (Å²) < 4.78 is 0. The first kappa shape index (κ1) is 21.2. The fraction of sp³-hybridized carbons (Fsp3) is 0.632. The molecule has 1 aromatic carbocycles. The lowest BCUT2D eigenvalue weighted by Crippen LogP contribution is -2.43. The highest BCUT2D eigenvalue weighted by molar-refractivity contribution is 14.0. The van der Waals surface area contributed by atoms with E-state index in [0.29, 0.717) is 5.92 Å². The van der Waals surface area contributed by atoms with Gasteiger partial charge in [-0.25, -0.2) is 0 Å². The second-order valence-corrected chi connectivity index (χ2v) is 6.43. The highest BCUT2D eigenvalue weighted by Crippen LogP contribution is 2.17. The summed E-state index contributed by atoms with van der Waals surface area (Å²) in [4.78, 5) is 6.86. The van der Waals surface area contributed by atoms with Crippen LogP contribution in [0.5, 0.6) is 0 Å². The van der Waals surface area contributed by atoms with Crippen LogP contribution in [0.2, 0.25) is 0 Å². The van der Waals surface area contributed by atoms with E-state index < -0.39 is 0 Å². The van der Waals surface area contributed by atoms with Crippen LogP contribution in [0.1, 0.15) is 44.1 Å². The predicted molar refractivity (Wildman–Crippen MR) is 115 cm³/mol. The van der Waals surface area contributed by atoms with Crippen LogP contribution in [-0.2, 0) is 0 Å². The molecule has 24 heavy (non-hydrogen) atoms. The zero-order valence-electron chi connectivity index (χ0n) is 15.1. The maximum atomic E-state index is 4.32. The molecule has 1 aliphatic heterocycles. The topological polar surface area (TPSA) is 39.7 Å². The van der Waals surface area contributed by atoms with Crippen molar-refractivity contribution in [3.63, 3.8) is 0 Å². The van der Waals surface area contributed by atoms with Crippen LogP contribution in [0.3, 0.4) is 0 Å². The fourth-order valence-corrected chi connectivity index (χ4v) is 3.09. The Kier molecular flexibility index (Phi) is 11.1. The monoisotopic (exact) mass is 444 g/mol. The Morgan fingerprint density at radius 2 is 1.75 bits per heavy atom. The number of rotatable bonds is 7. The Balaban J connectivity index is 0.00000288. The second-order valence-electron chi connectivity index (χ2n) is 6.43. The van der Waals surface area contributed by atoms with Gasteiger partial charge in [-0.1, -0.05) is 43.7 Å². The number of likely N-dealkylation sites (tertiary alicyclic amines) is 1. The SMILES string of the molecule is CN=C(NCCC(C)c1ccccc1)NCCN1CCCCC1.I. The fourth-order valence-electron chi connectivity index (χ4n) is 3.09. The number of halogens is 1. The molecule has 1 saturated heterocycles. The van der Waals surface area contributed by atoms with Crippen LogP contribution in [0, 0.1) is 0 Å². The molecule has 2 rings (SSSR count).